The van der Waals surface area contributed by atoms with Crippen molar-refractivity contribution in [3.8, 4) is 5.75 Å². The summed E-state index contributed by atoms with van der Waals surface area (Å²) >= 11 is 1.52. The molecule has 0 saturated heterocycles. The zero-order valence-electron chi connectivity index (χ0n) is 10.8. The molecule has 1 atom stereocenters. The third kappa shape index (κ3) is 3.25. The summed E-state index contributed by atoms with van der Waals surface area (Å²) in [4.78, 5) is 10.3. The summed E-state index contributed by atoms with van der Waals surface area (Å²) in [6, 6.07) is 6.35. The number of nitrogens with zero attached hydrogens (tertiary/aromatic N) is 1. The highest BCUT2D eigenvalue weighted by atomic mass is 32.1. The topological polar surface area (TPSA) is 84.6 Å². The highest BCUT2D eigenvalue weighted by molar-refractivity contribution is 7.07. The number of thiophene rings is 1. The van der Waals surface area contributed by atoms with Crippen molar-refractivity contribution in [1.29, 1.82) is 0 Å². The van der Waals surface area contributed by atoms with Gasteiger partial charge in [0.15, 0.2) is 5.75 Å². The number of methoxy groups -OCH3 is 1. The summed E-state index contributed by atoms with van der Waals surface area (Å²) in [5.41, 5.74) is 1.41. The SMILES string of the molecule is COc1cc(NCC(O)c2ccsc2)ccc1[N+](=O)[O-]. The maximum Gasteiger partial charge on any atom is 0.311 e. The van der Waals surface area contributed by atoms with Gasteiger partial charge in [0.25, 0.3) is 0 Å². The molecule has 1 aromatic heterocycles. The molecule has 0 aliphatic carbocycles. The zero-order valence-corrected chi connectivity index (χ0v) is 11.6. The Bertz CT molecular complexity index is 586. The average molecular weight is 294 g/mol. The largest absolute Gasteiger partial charge is 0.490 e. The number of aliphatic hydroxyl groups is 1. The molecule has 6 nitrogen and oxygen atoms in total. The van der Waals surface area contributed by atoms with Crippen molar-refractivity contribution in [2.45, 2.75) is 6.10 Å². The Balaban J connectivity index is 2.05. The van der Waals surface area contributed by atoms with Gasteiger partial charge in [-0.3, -0.25) is 10.1 Å². The van der Waals surface area contributed by atoms with E-state index in [2.05, 4.69) is 5.32 Å². The van der Waals surface area contributed by atoms with Crippen molar-refractivity contribution in [3.05, 3.63) is 50.7 Å². The molecule has 0 aliphatic rings. The Morgan fingerprint density at radius 2 is 2.30 bits per heavy atom. The Hall–Kier alpha value is -2.12. The quantitative estimate of drug-likeness (QED) is 0.632. The number of hydrogen-bond donors (Lipinski definition) is 2. The van der Waals surface area contributed by atoms with Crippen LogP contribution in [-0.4, -0.2) is 23.7 Å². The Morgan fingerprint density at radius 1 is 1.50 bits per heavy atom. The molecule has 2 aromatic rings. The molecule has 2 rings (SSSR count). The molecular weight excluding hydrogens is 280 g/mol. The van der Waals surface area contributed by atoms with Crippen LogP contribution >= 0.6 is 11.3 Å². The van der Waals surface area contributed by atoms with Crippen LogP contribution in [-0.2, 0) is 0 Å². The van der Waals surface area contributed by atoms with Crippen molar-refractivity contribution in [2.75, 3.05) is 19.0 Å². The molecule has 7 heteroatoms. The Kier molecular flexibility index (Phi) is 4.54. The van der Waals surface area contributed by atoms with Crippen LogP contribution in [0.3, 0.4) is 0 Å². The Morgan fingerprint density at radius 3 is 2.90 bits per heavy atom. The second-order valence-corrected chi connectivity index (χ2v) is 4.88. The predicted octanol–water partition coefficient (Wildman–Crippen LogP) is 2.81. The molecule has 1 aromatic carbocycles. The lowest BCUT2D eigenvalue weighted by Crippen LogP contribution is -2.11. The maximum atomic E-state index is 10.8. The molecule has 106 valence electrons. The van der Waals surface area contributed by atoms with Crippen LogP contribution in [0.15, 0.2) is 35.0 Å². The Labute approximate surface area is 119 Å². The molecule has 20 heavy (non-hydrogen) atoms. The molecular formula is C13H14N2O4S. The standard InChI is InChI=1S/C13H14N2O4S/c1-19-13-6-10(2-3-11(13)15(17)18)14-7-12(16)9-4-5-20-8-9/h2-6,8,12,14,16H,7H2,1H3. The van der Waals surface area contributed by atoms with Crippen LogP contribution in [0.2, 0.25) is 0 Å². The van der Waals surface area contributed by atoms with E-state index in [0.29, 0.717) is 12.2 Å². The van der Waals surface area contributed by atoms with E-state index in [9.17, 15) is 15.2 Å². The second-order valence-electron chi connectivity index (χ2n) is 4.10. The van der Waals surface area contributed by atoms with Gasteiger partial charge in [0.2, 0.25) is 0 Å². The van der Waals surface area contributed by atoms with Crippen LogP contribution in [0, 0.1) is 10.1 Å². The number of nitrogens with one attached hydrogen (secondary N) is 1. The smallest absolute Gasteiger partial charge is 0.311 e. The van der Waals surface area contributed by atoms with Crippen molar-refractivity contribution >= 4 is 22.7 Å². The minimum absolute atomic E-state index is 0.0866. The highest BCUT2D eigenvalue weighted by Crippen LogP contribution is 2.30. The summed E-state index contributed by atoms with van der Waals surface area (Å²) in [7, 11) is 1.38. The van der Waals surface area contributed by atoms with Crippen molar-refractivity contribution in [2.24, 2.45) is 0 Å². The summed E-state index contributed by atoms with van der Waals surface area (Å²) in [5, 5.41) is 27.5. The first-order valence-corrected chi connectivity index (χ1v) is 6.82. The van der Waals surface area contributed by atoms with Crippen LogP contribution in [0.1, 0.15) is 11.7 Å². The van der Waals surface area contributed by atoms with Gasteiger partial charge in [-0.05, 0) is 28.5 Å². The van der Waals surface area contributed by atoms with E-state index >= 15 is 0 Å². The molecule has 0 radical (unpaired) electrons. The van der Waals surface area contributed by atoms with E-state index in [-0.39, 0.29) is 11.4 Å². The number of aliphatic hydroxyl groups excluding tert-OH is 1. The first-order chi connectivity index (χ1) is 9.61. The fourth-order valence-electron chi connectivity index (χ4n) is 1.74. The predicted molar refractivity (Wildman–Crippen MR) is 77.4 cm³/mol. The van der Waals surface area contributed by atoms with E-state index in [1.807, 2.05) is 16.8 Å². The minimum Gasteiger partial charge on any atom is -0.490 e. The summed E-state index contributed by atoms with van der Waals surface area (Å²) in [5.74, 6) is 0.185. The number of anilines is 1. The number of hydrogen-bond acceptors (Lipinski definition) is 6. The number of nitro benzene ring substituents is 1. The molecule has 0 bridgehead atoms. The van der Waals surface area contributed by atoms with Gasteiger partial charge in [0.1, 0.15) is 0 Å². The third-order valence-corrected chi connectivity index (χ3v) is 3.51. The lowest BCUT2D eigenvalue weighted by Gasteiger charge is -2.12. The van der Waals surface area contributed by atoms with Crippen LogP contribution < -0.4 is 10.1 Å². The van der Waals surface area contributed by atoms with Gasteiger partial charge < -0.3 is 15.2 Å². The minimum atomic E-state index is -0.623. The molecule has 2 N–H and O–H groups in total. The van der Waals surface area contributed by atoms with Crippen LogP contribution in [0.25, 0.3) is 0 Å². The number of ether oxygens (including phenoxy) is 1. The van der Waals surface area contributed by atoms with Gasteiger partial charge in [0.05, 0.1) is 18.1 Å². The van der Waals surface area contributed by atoms with Gasteiger partial charge >= 0.3 is 5.69 Å². The normalized spacial score (nSPS) is 11.9. The van der Waals surface area contributed by atoms with E-state index in [1.165, 1.54) is 24.5 Å². The highest BCUT2D eigenvalue weighted by Gasteiger charge is 2.15. The number of benzene rings is 1. The monoisotopic (exact) mass is 294 g/mol. The van der Waals surface area contributed by atoms with Gasteiger partial charge in [-0.2, -0.15) is 11.3 Å². The summed E-state index contributed by atoms with van der Waals surface area (Å²) < 4.78 is 4.98. The molecule has 0 spiro atoms. The first-order valence-electron chi connectivity index (χ1n) is 5.88. The van der Waals surface area contributed by atoms with E-state index in [0.717, 1.165) is 5.56 Å². The summed E-state index contributed by atoms with van der Waals surface area (Å²) in [6.07, 6.45) is -0.623. The molecule has 0 saturated carbocycles. The second kappa shape index (κ2) is 6.36. The molecule has 1 unspecified atom stereocenters. The average Bonchev–Trinajstić information content (AvgIpc) is 2.98. The summed E-state index contributed by atoms with van der Waals surface area (Å²) in [6.45, 7) is 0.317. The lowest BCUT2D eigenvalue weighted by atomic mass is 10.2. The van der Waals surface area contributed by atoms with E-state index < -0.39 is 11.0 Å². The van der Waals surface area contributed by atoms with Crippen molar-refractivity contribution in [1.82, 2.24) is 0 Å². The fraction of sp³-hybridized carbons (Fsp3) is 0.231. The lowest BCUT2D eigenvalue weighted by molar-refractivity contribution is -0.385. The fourth-order valence-corrected chi connectivity index (χ4v) is 2.44. The maximum absolute atomic E-state index is 10.8. The number of nitro groups is 1. The van der Waals surface area contributed by atoms with E-state index in [1.54, 1.807) is 12.1 Å². The molecule has 1 heterocycles. The number of rotatable bonds is 6. The van der Waals surface area contributed by atoms with Gasteiger partial charge in [-0.15, -0.1) is 0 Å². The van der Waals surface area contributed by atoms with Crippen molar-refractivity contribution in [3.63, 3.8) is 0 Å². The van der Waals surface area contributed by atoms with Gasteiger partial charge in [0, 0.05) is 24.4 Å². The van der Waals surface area contributed by atoms with E-state index in [4.69, 9.17) is 4.74 Å². The van der Waals surface area contributed by atoms with Crippen molar-refractivity contribution < 1.29 is 14.8 Å². The molecule has 0 amide bonds. The molecule has 0 fully saturated rings. The van der Waals surface area contributed by atoms with Gasteiger partial charge in [-0.25, -0.2) is 0 Å². The first kappa shape index (κ1) is 14.3. The van der Waals surface area contributed by atoms with Crippen LogP contribution in [0.4, 0.5) is 11.4 Å². The van der Waals surface area contributed by atoms with Crippen LogP contribution in [0.5, 0.6) is 5.75 Å². The van der Waals surface area contributed by atoms with Gasteiger partial charge in [-0.1, -0.05) is 0 Å². The zero-order chi connectivity index (χ0) is 14.5. The molecule has 0 aliphatic heterocycles. The third-order valence-electron chi connectivity index (χ3n) is 2.80.